The molecule has 2 saturated heterocycles. The summed E-state index contributed by atoms with van der Waals surface area (Å²) in [6, 6.07) is 5.07. The zero-order valence-electron chi connectivity index (χ0n) is 23.1. The van der Waals surface area contributed by atoms with Gasteiger partial charge in [0.25, 0.3) is 0 Å². The number of carbonyl (C=O) groups excluding carboxylic acids is 2. The second-order valence-corrected chi connectivity index (χ2v) is 14.2. The number of hydrogen-bond donors (Lipinski definition) is 1. The lowest BCUT2D eigenvalue weighted by molar-refractivity contribution is -0.199. The zero-order valence-corrected chi connectivity index (χ0v) is 24.7. The van der Waals surface area contributed by atoms with Crippen LogP contribution in [0.2, 0.25) is 5.02 Å². The minimum atomic E-state index is -4.83. The number of nitrogens with zero attached hydrogens (tertiary/aromatic N) is 4. The molecule has 1 N–H and O–H groups in total. The number of methoxy groups -OCH3 is 1. The quantitative estimate of drug-likeness (QED) is 0.441. The molecule has 1 aromatic rings. The van der Waals surface area contributed by atoms with Gasteiger partial charge in [-0.1, -0.05) is 11.6 Å². The Morgan fingerprint density at radius 1 is 1.17 bits per heavy atom. The van der Waals surface area contributed by atoms with Gasteiger partial charge in [0.05, 0.1) is 27.8 Å². The Hall–Kier alpha value is -2.60. The predicted octanol–water partition coefficient (Wildman–Crippen LogP) is 2.37. The van der Waals surface area contributed by atoms with Gasteiger partial charge >= 0.3 is 6.18 Å². The van der Waals surface area contributed by atoms with E-state index >= 15 is 0 Å². The van der Waals surface area contributed by atoms with Crippen LogP contribution in [0.3, 0.4) is 0 Å². The van der Waals surface area contributed by atoms with Crippen LogP contribution in [-0.2, 0) is 24.2 Å². The van der Waals surface area contributed by atoms with Crippen LogP contribution >= 0.6 is 11.6 Å². The second-order valence-electron chi connectivity index (χ2n) is 11.6. The van der Waals surface area contributed by atoms with Crippen molar-refractivity contribution in [3.63, 3.8) is 0 Å². The van der Waals surface area contributed by atoms with Crippen LogP contribution in [0.25, 0.3) is 0 Å². The summed E-state index contributed by atoms with van der Waals surface area (Å²) in [6.45, 7) is 3.84. The van der Waals surface area contributed by atoms with E-state index in [9.17, 15) is 36.4 Å². The van der Waals surface area contributed by atoms with E-state index < -0.39 is 75.9 Å². The van der Waals surface area contributed by atoms with Crippen molar-refractivity contribution in [2.45, 2.75) is 60.0 Å². The molecule has 1 aromatic carbocycles. The molecule has 2 amide bonds. The summed E-state index contributed by atoms with van der Waals surface area (Å²) in [6.07, 6.45) is -5.35. The molecule has 2 unspecified atom stereocenters. The van der Waals surface area contributed by atoms with E-state index in [-0.39, 0.29) is 9.92 Å². The average molecular weight is 632 g/mol. The fraction of sp³-hybridized carbons (Fsp3) is 0.667. The van der Waals surface area contributed by atoms with E-state index in [1.54, 1.807) is 19.2 Å². The number of likely N-dealkylation sites (tertiary alicyclic amines) is 1. The molecule has 10 nitrogen and oxygen atoms in total. The summed E-state index contributed by atoms with van der Waals surface area (Å²) in [5.74, 6) is -2.13. The molecule has 2 atom stereocenters. The first-order valence-corrected chi connectivity index (χ1v) is 15.8. The number of nitrogens with one attached hydrogen (secondary N) is 1. The van der Waals surface area contributed by atoms with Gasteiger partial charge in [-0.15, -0.1) is 0 Å². The third-order valence-electron chi connectivity index (χ3n) is 8.86. The van der Waals surface area contributed by atoms with E-state index in [4.69, 9.17) is 16.3 Å². The number of ether oxygens (including phenoxy) is 1. The number of carbonyl (C=O) groups is 2. The number of sulfone groups is 1. The normalized spacial score (nSPS) is 25.1. The number of piperazine rings is 1. The van der Waals surface area contributed by atoms with E-state index in [0.29, 0.717) is 32.5 Å². The monoisotopic (exact) mass is 631 g/mol. The molecule has 2 heterocycles. The van der Waals surface area contributed by atoms with Crippen molar-refractivity contribution in [3.8, 4) is 6.07 Å². The van der Waals surface area contributed by atoms with Gasteiger partial charge in [0.15, 0.2) is 9.84 Å². The van der Waals surface area contributed by atoms with Gasteiger partial charge in [0.2, 0.25) is 11.8 Å². The molecule has 2 saturated carbocycles. The first kappa shape index (κ1) is 30.8. The Labute approximate surface area is 247 Å². The van der Waals surface area contributed by atoms with E-state index in [2.05, 4.69) is 15.1 Å². The smallest absolute Gasteiger partial charge is 0.383 e. The molecule has 0 spiro atoms. The second kappa shape index (κ2) is 11.2. The van der Waals surface area contributed by atoms with Crippen LogP contribution in [0.1, 0.15) is 32.1 Å². The highest BCUT2D eigenvalue weighted by Crippen LogP contribution is 2.59. The van der Waals surface area contributed by atoms with Crippen LogP contribution in [0.15, 0.2) is 23.1 Å². The molecule has 0 bridgehead atoms. The van der Waals surface area contributed by atoms with Crippen molar-refractivity contribution in [2.75, 3.05) is 57.9 Å². The Balaban J connectivity index is 1.36. The summed E-state index contributed by atoms with van der Waals surface area (Å²) < 4.78 is 74.2. The van der Waals surface area contributed by atoms with Crippen LogP contribution in [0.4, 0.5) is 18.9 Å². The summed E-state index contributed by atoms with van der Waals surface area (Å²) in [7, 11) is -2.61. The molecule has 0 radical (unpaired) electrons. The SMILES string of the molecule is COCCN1CCN(c2ccc(S(=O)(=O)C3CC(C(=O)NC4(C#N)CC4)N(C(=O)C4(C(F)(F)F)CC4)C3)c(Cl)c2)CC1. The lowest BCUT2D eigenvalue weighted by Crippen LogP contribution is -2.53. The first-order chi connectivity index (χ1) is 19.8. The summed E-state index contributed by atoms with van der Waals surface area (Å²) in [4.78, 5) is 31.3. The van der Waals surface area contributed by atoms with Gasteiger partial charge in [0.1, 0.15) is 17.0 Å². The average Bonchev–Trinajstić information content (AvgIpc) is 3.87. The van der Waals surface area contributed by atoms with Crippen molar-refractivity contribution < 1.29 is 35.9 Å². The standard InChI is InChI=1S/C27H33ClF3N5O5S/c1-41-13-12-34-8-10-35(11-9-34)18-2-3-22(20(28)14-18)42(39,40)19-15-21(23(37)33-25(17-32)4-5-25)36(16-19)24(38)26(6-7-26)27(29,30)31/h2-3,14,19,21H,4-13,15-16H2,1H3,(H,33,37). The van der Waals surface area contributed by atoms with Gasteiger partial charge in [-0.3, -0.25) is 14.5 Å². The molecule has 5 rings (SSSR count). The molecular weight excluding hydrogens is 599 g/mol. The number of benzene rings is 1. The third kappa shape index (κ3) is 5.68. The van der Waals surface area contributed by atoms with Gasteiger partial charge < -0.3 is 19.9 Å². The van der Waals surface area contributed by atoms with Gasteiger partial charge in [-0.25, -0.2) is 8.42 Å². The Kier molecular flexibility index (Phi) is 8.19. The van der Waals surface area contributed by atoms with E-state index in [0.717, 1.165) is 30.2 Å². The van der Waals surface area contributed by atoms with Crippen molar-refractivity contribution in [2.24, 2.45) is 5.41 Å². The number of anilines is 1. The number of alkyl halides is 3. The van der Waals surface area contributed by atoms with E-state index in [1.165, 1.54) is 6.07 Å². The highest BCUT2D eigenvalue weighted by Gasteiger charge is 2.70. The molecule has 4 fully saturated rings. The summed E-state index contributed by atoms with van der Waals surface area (Å²) >= 11 is 6.49. The summed E-state index contributed by atoms with van der Waals surface area (Å²) in [5, 5.41) is 10.5. The van der Waals surface area contributed by atoms with Crippen molar-refractivity contribution in [1.82, 2.24) is 15.1 Å². The van der Waals surface area contributed by atoms with Crippen LogP contribution < -0.4 is 10.2 Å². The third-order valence-corrected chi connectivity index (χ3v) is 11.5. The van der Waals surface area contributed by atoms with E-state index in [1.807, 2.05) is 6.07 Å². The molecule has 0 aromatic heterocycles. The van der Waals surface area contributed by atoms with Crippen LogP contribution in [-0.4, -0.2) is 106 Å². The lowest BCUT2D eigenvalue weighted by atomic mass is 10.0. The summed E-state index contributed by atoms with van der Waals surface area (Å²) in [5.41, 5.74) is -3.03. The number of rotatable bonds is 9. The Bertz CT molecular complexity index is 1390. The van der Waals surface area contributed by atoms with Gasteiger partial charge in [-0.05, 0) is 50.3 Å². The van der Waals surface area contributed by atoms with Gasteiger partial charge in [0, 0.05) is 52.1 Å². The largest absolute Gasteiger partial charge is 0.403 e. The number of amides is 2. The van der Waals surface area contributed by atoms with Crippen molar-refractivity contribution in [1.29, 1.82) is 5.26 Å². The maximum Gasteiger partial charge on any atom is 0.403 e. The molecule has 42 heavy (non-hydrogen) atoms. The lowest BCUT2D eigenvalue weighted by Gasteiger charge is -2.36. The maximum atomic E-state index is 13.8. The fourth-order valence-corrected chi connectivity index (χ4v) is 8.01. The van der Waals surface area contributed by atoms with Gasteiger partial charge in [-0.2, -0.15) is 18.4 Å². The highest BCUT2D eigenvalue weighted by molar-refractivity contribution is 7.92. The number of nitriles is 1. The van der Waals surface area contributed by atoms with Crippen molar-refractivity contribution in [3.05, 3.63) is 23.2 Å². The van der Waals surface area contributed by atoms with Crippen molar-refractivity contribution >= 4 is 38.9 Å². The van der Waals surface area contributed by atoms with Crippen LogP contribution in [0, 0.1) is 16.7 Å². The zero-order chi connectivity index (χ0) is 30.5. The molecule has 15 heteroatoms. The first-order valence-electron chi connectivity index (χ1n) is 13.9. The highest BCUT2D eigenvalue weighted by atomic mass is 35.5. The Morgan fingerprint density at radius 3 is 2.36 bits per heavy atom. The number of halogens is 4. The number of hydrogen-bond acceptors (Lipinski definition) is 8. The topological polar surface area (TPSA) is 123 Å². The molecule has 4 aliphatic rings. The molecule has 230 valence electrons. The fourth-order valence-electron chi connectivity index (χ4n) is 5.77. The molecule has 2 aliphatic carbocycles. The molecule has 2 aliphatic heterocycles. The molecular formula is C27H33ClF3N5O5S. The Morgan fingerprint density at radius 2 is 1.83 bits per heavy atom. The van der Waals surface area contributed by atoms with Crippen LogP contribution in [0.5, 0.6) is 0 Å². The minimum absolute atomic E-state index is 0.0459. The minimum Gasteiger partial charge on any atom is -0.383 e. The maximum absolute atomic E-state index is 13.8. The predicted molar refractivity (Wildman–Crippen MR) is 147 cm³/mol.